The van der Waals surface area contributed by atoms with Gasteiger partial charge in [-0.1, -0.05) is 39.8 Å². The van der Waals surface area contributed by atoms with Crippen molar-refractivity contribution in [2.45, 2.75) is 25.7 Å². The number of rotatable bonds is 7. The van der Waals surface area contributed by atoms with E-state index in [4.69, 9.17) is 4.74 Å². The van der Waals surface area contributed by atoms with Gasteiger partial charge in [-0.25, -0.2) is 0 Å². The topological polar surface area (TPSA) is 99.4 Å². The number of allylic oxidation sites excluding steroid dienone is 1. The summed E-state index contributed by atoms with van der Waals surface area (Å²) < 4.78 is 6.02. The van der Waals surface area contributed by atoms with Crippen LogP contribution in [0.3, 0.4) is 0 Å². The number of ketones is 1. The van der Waals surface area contributed by atoms with Gasteiger partial charge in [-0.3, -0.25) is 9.59 Å². The monoisotopic (exact) mass is 462 g/mol. The van der Waals surface area contributed by atoms with Gasteiger partial charge in [0.05, 0.1) is 34.9 Å². The second-order valence-corrected chi connectivity index (χ2v) is 8.38. The molecule has 28 heavy (non-hydrogen) atoms. The molecule has 6 nitrogen and oxygen atoms in total. The van der Waals surface area contributed by atoms with Gasteiger partial charge in [0.1, 0.15) is 11.4 Å². The van der Waals surface area contributed by atoms with Crippen molar-refractivity contribution in [1.29, 1.82) is 5.26 Å². The first kappa shape index (κ1) is 20.5. The molecule has 1 unspecified atom stereocenters. The first-order valence-electron chi connectivity index (χ1n) is 8.88. The van der Waals surface area contributed by atoms with Crippen LogP contribution in [-0.2, 0) is 14.3 Å². The molecular formula is C20H19BrN2O4S. The molecule has 1 heterocycles. The number of carbonyl (C=O) groups excluding carboxylic acids is 2. The smallest absolute Gasteiger partial charge is 0.286 e. The first-order valence-corrected chi connectivity index (χ1v) is 10.7. The number of aliphatic hydroxyl groups excluding tert-OH is 1. The summed E-state index contributed by atoms with van der Waals surface area (Å²) in [6, 6.07) is 9.31. The molecule has 1 aliphatic carbocycles. The number of thioether (sulfide) groups is 1. The fraction of sp³-hybridized carbons (Fsp3) is 0.350. The number of amides is 1. The number of aliphatic hydroxyl groups is 1. The average molecular weight is 463 g/mol. The minimum Gasteiger partial charge on any atom is -0.481 e. The quantitative estimate of drug-likeness (QED) is 0.470. The van der Waals surface area contributed by atoms with E-state index in [1.54, 1.807) is 31.2 Å². The van der Waals surface area contributed by atoms with Crippen LogP contribution in [0.1, 0.15) is 31.2 Å². The number of carbonyl (C=O) groups is 2. The molecule has 1 aromatic carbocycles. The van der Waals surface area contributed by atoms with E-state index in [9.17, 15) is 20.0 Å². The predicted octanol–water partition coefficient (Wildman–Crippen LogP) is 3.92. The van der Waals surface area contributed by atoms with E-state index in [2.05, 4.69) is 27.3 Å². The summed E-state index contributed by atoms with van der Waals surface area (Å²) in [5.74, 6) is -1.38. The van der Waals surface area contributed by atoms with Gasteiger partial charge in [0.2, 0.25) is 0 Å². The number of nitrogens with zero attached hydrogens (tertiary/aromatic N) is 1. The Balaban J connectivity index is 2.04. The lowest BCUT2D eigenvalue weighted by atomic mass is 9.83. The van der Waals surface area contributed by atoms with Crippen molar-refractivity contribution in [1.82, 2.24) is 5.32 Å². The minimum atomic E-state index is -0.781. The highest BCUT2D eigenvalue weighted by Crippen LogP contribution is 2.41. The average Bonchev–Trinajstić information content (AvgIpc) is 3.51. The Morgan fingerprint density at radius 3 is 2.64 bits per heavy atom. The van der Waals surface area contributed by atoms with Gasteiger partial charge < -0.3 is 15.2 Å². The van der Waals surface area contributed by atoms with E-state index in [1.165, 1.54) is 0 Å². The molecule has 1 atom stereocenters. The number of hydrogen-bond donors (Lipinski definition) is 2. The molecule has 8 heteroatoms. The number of hydrogen-bond acceptors (Lipinski definition) is 6. The van der Waals surface area contributed by atoms with Crippen molar-refractivity contribution >= 4 is 39.4 Å². The van der Waals surface area contributed by atoms with Gasteiger partial charge >= 0.3 is 0 Å². The number of halogens is 1. The molecule has 0 spiro atoms. The largest absolute Gasteiger partial charge is 0.481 e. The molecule has 2 N–H and O–H groups in total. The number of Topliss-reactive ketones (excluding diaryl/α,β-unsaturated/α-hetero) is 1. The van der Waals surface area contributed by atoms with E-state index in [1.807, 2.05) is 0 Å². The van der Waals surface area contributed by atoms with Crippen LogP contribution < -0.4 is 5.32 Å². The Bertz CT molecular complexity index is 898. The van der Waals surface area contributed by atoms with Gasteiger partial charge in [0.15, 0.2) is 0 Å². The zero-order chi connectivity index (χ0) is 20.3. The molecule has 0 aromatic heterocycles. The maximum absolute atomic E-state index is 12.8. The fourth-order valence-electron chi connectivity index (χ4n) is 2.96. The van der Waals surface area contributed by atoms with Crippen molar-refractivity contribution in [2.24, 2.45) is 5.92 Å². The summed E-state index contributed by atoms with van der Waals surface area (Å²) >= 11 is 4.53. The second kappa shape index (κ2) is 8.84. The van der Waals surface area contributed by atoms with E-state index in [-0.39, 0.29) is 35.2 Å². The number of ether oxygens (including phenoxy) is 1. The molecule has 1 aromatic rings. The summed E-state index contributed by atoms with van der Waals surface area (Å²) in [5.41, 5.74) is 0.929. The van der Waals surface area contributed by atoms with Crippen LogP contribution in [0.4, 0.5) is 0 Å². The lowest BCUT2D eigenvalue weighted by Gasteiger charge is -2.28. The number of nitrogens with one attached hydrogen (secondary N) is 1. The summed E-state index contributed by atoms with van der Waals surface area (Å²) in [5, 5.41) is 23.2. The van der Waals surface area contributed by atoms with Crippen LogP contribution in [0.2, 0.25) is 0 Å². The van der Waals surface area contributed by atoms with E-state index < -0.39 is 17.8 Å². The van der Waals surface area contributed by atoms with Crippen molar-refractivity contribution < 1.29 is 19.4 Å². The summed E-state index contributed by atoms with van der Waals surface area (Å²) in [7, 11) is 0. The van der Waals surface area contributed by atoms with Crippen LogP contribution in [0.25, 0.3) is 0 Å². The van der Waals surface area contributed by atoms with Gasteiger partial charge in [-0.2, -0.15) is 5.26 Å². The van der Waals surface area contributed by atoms with Crippen LogP contribution in [0, 0.1) is 17.2 Å². The normalized spacial score (nSPS) is 21.0. The molecule has 1 aliphatic heterocycles. The molecule has 1 saturated carbocycles. The van der Waals surface area contributed by atoms with E-state index in [0.717, 1.165) is 29.1 Å². The SMILES string of the molecule is CCO/C(O)=C1\C(=O)NC(SCC(=O)C2CC2)=C(C#N)C1c1ccc(Br)cc1. The van der Waals surface area contributed by atoms with Gasteiger partial charge in [-0.15, -0.1) is 0 Å². The Labute approximate surface area is 175 Å². The number of nitriles is 1. The summed E-state index contributed by atoms with van der Waals surface area (Å²) in [4.78, 5) is 24.8. The minimum absolute atomic E-state index is 0.0152. The molecule has 1 fully saturated rings. The van der Waals surface area contributed by atoms with Crippen molar-refractivity contribution in [3.05, 3.63) is 56.4 Å². The summed E-state index contributed by atoms with van der Waals surface area (Å²) in [6.45, 7) is 1.87. The van der Waals surface area contributed by atoms with Gasteiger partial charge in [-0.05, 0) is 37.5 Å². The molecule has 0 saturated heterocycles. The van der Waals surface area contributed by atoms with Gasteiger partial charge in [0.25, 0.3) is 11.9 Å². The van der Waals surface area contributed by atoms with Gasteiger partial charge in [0, 0.05) is 10.4 Å². The summed E-state index contributed by atoms with van der Waals surface area (Å²) in [6.07, 6.45) is 1.82. The molecular weight excluding hydrogens is 444 g/mol. The lowest BCUT2D eigenvalue weighted by molar-refractivity contribution is -0.118. The van der Waals surface area contributed by atoms with Crippen LogP contribution in [0.5, 0.6) is 0 Å². The highest BCUT2D eigenvalue weighted by Gasteiger charge is 2.38. The molecule has 2 aliphatic rings. The van der Waals surface area contributed by atoms with Crippen LogP contribution >= 0.6 is 27.7 Å². The van der Waals surface area contributed by atoms with Crippen molar-refractivity contribution in [2.75, 3.05) is 12.4 Å². The molecule has 1 amide bonds. The zero-order valence-electron chi connectivity index (χ0n) is 15.2. The van der Waals surface area contributed by atoms with Crippen LogP contribution in [-0.4, -0.2) is 29.2 Å². The standard InChI is InChI=1S/C20H19BrN2O4S/c1-2-27-20(26)17-16(12-5-7-13(21)8-6-12)14(9-22)19(23-18(17)25)28-10-15(24)11-3-4-11/h5-8,11,16,26H,2-4,10H2,1H3,(H,23,25)/b20-17-. The first-order chi connectivity index (χ1) is 13.5. The Kier molecular flexibility index (Phi) is 6.47. The zero-order valence-corrected chi connectivity index (χ0v) is 17.6. The van der Waals surface area contributed by atoms with Crippen molar-refractivity contribution in [3.63, 3.8) is 0 Å². The van der Waals surface area contributed by atoms with Crippen LogP contribution in [0.15, 0.2) is 50.9 Å². The third-order valence-electron chi connectivity index (χ3n) is 4.52. The molecule has 0 bridgehead atoms. The predicted molar refractivity (Wildman–Crippen MR) is 109 cm³/mol. The Morgan fingerprint density at radius 2 is 2.07 bits per heavy atom. The third kappa shape index (κ3) is 4.42. The highest BCUT2D eigenvalue weighted by molar-refractivity contribution is 9.10. The molecule has 146 valence electrons. The van der Waals surface area contributed by atoms with Crippen molar-refractivity contribution in [3.8, 4) is 6.07 Å². The van der Waals surface area contributed by atoms with E-state index >= 15 is 0 Å². The fourth-order valence-corrected chi connectivity index (χ4v) is 4.23. The Hall–Kier alpha value is -2.24. The lowest BCUT2D eigenvalue weighted by Crippen LogP contribution is -2.35. The Morgan fingerprint density at radius 1 is 1.39 bits per heavy atom. The molecule has 0 radical (unpaired) electrons. The maximum Gasteiger partial charge on any atom is 0.286 e. The second-order valence-electron chi connectivity index (χ2n) is 6.47. The highest BCUT2D eigenvalue weighted by atomic mass is 79.9. The van der Waals surface area contributed by atoms with E-state index in [0.29, 0.717) is 10.6 Å². The maximum atomic E-state index is 12.8. The third-order valence-corrected chi connectivity index (χ3v) is 6.09. The number of benzene rings is 1. The molecule has 3 rings (SSSR count).